The van der Waals surface area contributed by atoms with Gasteiger partial charge >= 0.3 is 5.97 Å². The average Bonchev–Trinajstić information content (AvgIpc) is 2.09. The van der Waals surface area contributed by atoms with Gasteiger partial charge in [-0.2, -0.15) is 0 Å². The van der Waals surface area contributed by atoms with Crippen LogP contribution >= 0.6 is 0 Å². The molecule has 0 saturated heterocycles. The molecular formula is C12H22O4. The monoisotopic (exact) mass is 230 g/mol. The van der Waals surface area contributed by atoms with Crippen LogP contribution in [0.4, 0.5) is 0 Å². The summed E-state index contributed by atoms with van der Waals surface area (Å²) in [5.41, 5.74) is -0.541. The van der Waals surface area contributed by atoms with Crippen molar-refractivity contribution in [2.75, 3.05) is 13.2 Å². The Balaban J connectivity index is 3.67. The van der Waals surface area contributed by atoms with Crippen molar-refractivity contribution in [2.45, 2.75) is 52.6 Å². The number of rotatable bonds is 7. The third kappa shape index (κ3) is 9.65. The van der Waals surface area contributed by atoms with Crippen LogP contribution in [0.2, 0.25) is 0 Å². The van der Waals surface area contributed by atoms with Crippen LogP contribution in [0.5, 0.6) is 0 Å². The molecule has 0 saturated carbocycles. The lowest BCUT2D eigenvalue weighted by atomic mass is 10.2. The highest BCUT2D eigenvalue weighted by Crippen LogP contribution is 2.08. The van der Waals surface area contributed by atoms with E-state index in [1.165, 1.54) is 0 Å². The third-order valence-electron chi connectivity index (χ3n) is 1.67. The molecule has 0 radical (unpaired) electrons. The van der Waals surface area contributed by atoms with E-state index in [4.69, 9.17) is 9.47 Å². The molecule has 0 unspecified atom stereocenters. The highest BCUT2D eigenvalue weighted by Gasteiger charge is 2.18. The van der Waals surface area contributed by atoms with Crippen molar-refractivity contribution in [3.63, 3.8) is 0 Å². The molecule has 0 aromatic rings. The summed E-state index contributed by atoms with van der Waals surface area (Å²) < 4.78 is 10.1. The Labute approximate surface area is 97.3 Å². The van der Waals surface area contributed by atoms with E-state index in [2.05, 4.69) is 0 Å². The van der Waals surface area contributed by atoms with E-state index in [1.54, 1.807) is 20.8 Å². The summed E-state index contributed by atoms with van der Waals surface area (Å²) in [5.74, 6) is -0.720. The van der Waals surface area contributed by atoms with Crippen molar-refractivity contribution in [1.82, 2.24) is 0 Å². The molecule has 94 valence electrons. The Kier molecular flexibility index (Phi) is 6.97. The summed E-state index contributed by atoms with van der Waals surface area (Å²) in [6, 6.07) is 0. The number of ether oxygens (including phenoxy) is 2. The van der Waals surface area contributed by atoms with Gasteiger partial charge in [0.2, 0.25) is 0 Å². The molecule has 0 aliphatic carbocycles. The molecule has 0 aliphatic rings. The van der Waals surface area contributed by atoms with Crippen molar-refractivity contribution in [1.29, 1.82) is 0 Å². The summed E-state index contributed by atoms with van der Waals surface area (Å²) >= 11 is 0. The molecule has 0 rings (SSSR count). The third-order valence-corrected chi connectivity index (χ3v) is 1.67. The van der Waals surface area contributed by atoms with E-state index >= 15 is 0 Å². The van der Waals surface area contributed by atoms with Gasteiger partial charge in [-0.25, -0.2) is 0 Å². The van der Waals surface area contributed by atoms with Gasteiger partial charge < -0.3 is 9.47 Å². The summed E-state index contributed by atoms with van der Waals surface area (Å²) in [4.78, 5) is 22.5. The molecule has 0 aromatic carbocycles. The van der Waals surface area contributed by atoms with Crippen molar-refractivity contribution >= 4 is 11.8 Å². The summed E-state index contributed by atoms with van der Waals surface area (Å²) in [6.07, 6.45) is 1.75. The molecule has 0 aliphatic heterocycles. The first-order chi connectivity index (χ1) is 7.35. The number of carbonyl (C=O) groups is 2. The van der Waals surface area contributed by atoms with E-state index in [1.807, 2.05) is 6.92 Å². The fourth-order valence-corrected chi connectivity index (χ4v) is 1.02. The summed E-state index contributed by atoms with van der Waals surface area (Å²) in [7, 11) is 0. The summed E-state index contributed by atoms with van der Waals surface area (Å²) in [5, 5.41) is 0. The molecular weight excluding hydrogens is 208 g/mol. The van der Waals surface area contributed by atoms with Crippen molar-refractivity contribution < 1.29 is 19.1 Å². The number of unbranched alkanes of at least 4 members (excludes halogenated alkanes) is 1. The molecule has 0 fully saturated rings. The molecule has 0 heterocycles. The van der Waals surface area contributed by atoms with E-state index in [-0.39, 0.29) is 18.8 Å². The van der Waals surface area contributed by atoms with E-state index in [0.29, 0.717) is 6.61 Å². The number of hydrogen-bond donors (Lipinski definition) is 0. The molecule has 0 atom stereocenters. The first-order valence-electron chi connectivity index (χ1n) is 5.66. The first kappa shape index (κ1) is 15.1. The van der Waals surface area contributed by atoms with Gasteiger partial charge in [-0.3, -0.25) is 9.59 Å². The topological polar surface area (TPSA) is 52.6 Å². The van der Waals surface area contributed by atoms with Crippen LogP contribution in [0.1, 0.15) is 47.0 Å². The van der Waals surface area contributed by atoms with E-state index in [0.717, 1.165) is 12.8 Å². The molecule has 16 heavy (non-hydrogen) atoms. The van der Waals surface area contributed by atoms with Gasteiger partial charge in [0, 0.05) is 6.61 Å². The lowest BCUT2D eigenvalue weighted by Crippen LogP contribution is -2.26. The zero-order chi connectivity index (χ0) is 12.6. The predicted octanol–water partition coefficient (Wildman–Crippen LogP) is 2.10. The highest BCUT2D eigenvalue weighted by atomic mass is 16.6. The Morgan fingerprint density at radius 2 is 1.81 bits per heavy atom. The number of carbonyl (C=O) groups excluding carboxylic acids is 2. The second-order valence-electron chi connectivity index (χ2n) is 4.71. The Hall–Kier alpha value is -0.900. The minimum atomic E-state index is -0.541. The number of ketones is 1. The predicted molar refractivity (Wildman–Crippen MR) is 61.2 cm³/mol. The van der Waals surface area contributed by atoms with Gasteiger partial charge in [0.15, 0.2) is 5.78 Å². The van der Waals surface area contributed by atoms with Crippen LogP contribution in [-0.4, -0.2) is 30.6 Å². The smallest absolute Gasteiger partial charge is 0.313 e. The Bertz CT molecular complexity index is 228. The van der Waals surface area contributed by atoms with Gasteiger partial charge in [-0.1, -0.05) is 13.3 Å². The van der Waals surface area contributed by atoms with Crippen molar-refractivity contribution in [2.24, 2.45) is 0 Å². The molecule has 0 amide bonds. The second kappa shape index (κ2) is 7.39. The first-order valence-corrected chi connectivity index (χ1v) is 5.66. The number of esters is 1. The van der Waals surface area contributed by atoms with Gasteiger partial charge in [0.1, 0.15) is 18.6 Å². The average molecular weight is 230 g/mol. The van der Waals surface area contributed by atoms with Gasteiger partial charge in [0.05, 0.1) is 0 Å². The highest BCUT2D eigenvalue weighted by molar-refractivity contribution is 5.96. The second-order valence-corrected chi connectivity index (χ2v) is 4.71. The maximum Gasteiger partial charge on any atom is 0.313 e. The quantitative estimate of drug-likeness (QED) is 0.382. The molecule has 0 aromatic heterocycles. The number of Topliss-reactive ketones (excluding diaryl/α,β-unsaturated/α-hetero) is 1. The maximum absolute atomic E-state index is 11.3. The molecule has 0 spiro atoms. The molecule has 0 N–H and O–H groups in total. The molecule has 0 bridgehead atoms. The normalized spacial score (nSPS) is 11.2. The zero-order valence-electron chi connectivity index (χ0n) is 10.7. The maximum atomic E-state index is 11.3. The SMILES string of the molecule is CCCCOCC(=O)CC(=O)OC(C)(C)C. The zero-order valence-corrected chi connectivity index (χ0v) is 10.7. The fourth-order valence-electron chi connectivity index (χ4n) is 1.02. The lowest BCUT2D eigenvalue weighted by Gasteiger charge is -2.19. The van der Waals surface area contributed by atoms with E-state index < -0.39 is 11.6 Å². The van der Waals surface area contributed by atoms with Crippen LogP contribution in [0.3, 0.4) is 0 Å². The van der Waals surface area contributed by atoms with Gasteiger partial charge in [-0.05, 0) is 27.2 Å². The Morgan fingerprint density at radius 3 is 2.31 bits per heavy atom. The van der Waals surface area contributed by atoms with E-state index in [9.17, 15) is 9.59 Å². The molecule has 4 heteroatoms. The van der Waals surface area contributed by atoms with Crippen molar-refractivity contribution in [3.05, 3.63) is 0 Å². The van der Waals surface area contributed by atoms with Gasteiger partial charge in [-0.15, -0.1) is 0 Å². The minimum Gasteiger partial charge on any atom is -0.460 e. The van der Waals surface area contributed by atoms with Crippen LogP contribution in [-0.2, 0) is 19.1 Å². The van der Waals surface area contributed by atoms with Crippen LogP contribution in [0.15, 0.2) is 0 Å². The van der Waals surface area contributed by atoms with Crippen molar-refractivity contribution in [3.8, 4) is 0 Å². The standard InChI is InChI=1S/C12H22O4/c1-5-6-7-15-9-10(13)8-11(14)16-12(2,3)4/h5-9H2,1-4H3. The van der Waals surface area contributed by atoms with Crippen LogP contribution < -0.4 is 0 Å². The molecule has 4 nitrogen and oxygen atoms in total. The largest absolute Gasteiger partial charge is 0.460 e. The van der Waals surface area contributed by atoms with Crippen LogP contribution in [0, 0.1) is 0 Å². The summed E-state index contributed by atoms with van der Waals surface area (Å²) in [6.45, 7) is 7.93. The van der Waals surface area contributed by atoms with Gasteiger partial charge in [0.25, 0.3) is 0 Å². The van der Waals surface area contributed by atoms with Crippen LogP contribution in [0.25, 0.3) is 0 Å². The lowest BCUT2D eigenvalue weighted by molar-refractivity contribution is -0.156. The minimum absolute atomic E-state index is 0.000751. The fraction of sp³-hybridized carbons (Fsp3) is 0.833. The Morgan fingerprint density at radius 1 is 1.19 bits per heavy atom. The number of hydrogen-bond acceptors (Lipinski definition) is 4.